The van der Waals surface area contributed by atoms with Crippen molar-refractivity contribution in [2.75, 3.05) is 11.5 Å². The summed E-state index contributed by atoms with van der Waals surface area (Å²) >= 11 is 11.8. The molecule has 3 rings (SSSR count). The van der Waals surface area contributed by atoms with Crippen molar-refractivity contribution < 1.29 is 21.6 Å². The van der Waals surface area contributed by atoms with Crippen LogP contribution in [0.4, 0.5) is 0 Å². The minimum Gasteiger partial charge on any atom is -0.297 e. The van der Waals surface area contributed by atoms with E-state index in [0.717, 1.165) is 0 Å². The Kier molecular flexibility index (Phi) is 7.21. The van der Waals surface area contributed by atoms with Crippen LogP contribution in [-0.2, 0) is 24.5 Å². The first-order valence-electron chi connectivity index (χ1n) is 9.10. The van der Waals surface area contributed by atoms with E-state index in [1.807, 2.05) is 0 Å². The summed E-state index contributed by atoms with van der Waals surface area (Å²) in [6, 6.07) is 19.9. The molecule has 0 aliphatic carbocycles. The Labute approximate surface area is 191 Å². The third-order valence-electron chi connectivity index (χ3n) is 4.52. The molecule has 0 atom stereocenters. The third-order valence-corrected chi connectivity index (χ3v) is 8.70. The van der Waals surface area contributed by atoms with Gasteiger partial charge in [0.05, 0.1) is 4.90 Å². The fourth-order valence-corrected chi connectivity index (χ4v) is 6.66. The second-order valence-electron chi connectivity index (χ2n) is 6.90. The summed E-state index contributed by atoms with van der Waals surface area (Å²) < 4.78 is 51.4. The summed E-state index contributed by atoms with van der Waals surface area (Å²) in [5.74, 6) is -2.73. The van der Waals surface area contributed by atoms with Crippen LogP contribution in [0.25, 0.3) is 0 Å². The topological polar surface area (TPSA) is 85.3 Å². The predicted octanol–water partition coefficient (Wildman–Crippen LogP) is 4.54. The molecule has 0 saturated heterocycles. The summed E-state index contributed by atoms with van der Waals surface area (Å²) in [5, 5.41) is -0.313. The van der Waals surface area contributed by atoms with Crippen LogP contribution < -0.4 is 0 Å². The molecule has 0 radical (unpaired) electrons. The zero-order chi connectivity index (χ0) is 22.6. The molecule has 0 aliphatic heterocycles. The van der Waals surface area contributed by atoms with Crippen LogP contribution in [-0.4, -0.2) is 34.1 Å². The van der Waals surface area contributed by atoms with Gasteiger partial charge >= 0.3 is 0 Å². The molecule has 5 nitrogen and oxygen atoms in total. The number of sulfone groups is 2. The standard InChI is InChI=1S/C22H18Cl2O5S2/c23-18-10-6-16(7-11-18)22(17-8-12-19(24)13-9-17)31(28,29)15-20(25)14-30(26,27)21-4-2-1-3-5-21/h1-13,22H,14-15H2. The van der Waals surface area contributed by atoms with Crippen LogP contribution in [0.15, 0.2) is 83.8 Å². The van der Waals surface area contributed by atoms with Gasteiger partial charge in [-0.05, 0) is 47.5 Å². The molecule has 3 aromatic rings. The quantitative estimate of drug-likeness (QED) is 0.456. The van der Waals surface area contributed by atoms with Crippen molar-refractivity contribution in [3.63, 3.8) is 0 Å². The van der Waals surface area contributed by atoms with E-state index in [9.17, 15) is 21.6 Å². The highest BCUT2D eigenvalue weighted by atomic mass is 35.5. The first-order valence-corrected chi connectivity index (χ1v) is 13.2. The molecule has 0 N–H and O–H groups in total. The number of carbonyl (C=O) groups excluding carboxylic acids is 1. The molecule has 0 spiro atoms. The van der Waals surface area contributed by atoms with Crippen molar-refractivity contribution in [1.29, 1.82) is 0 Å². The number of hydrogen-bond donors (Lipinski definition) is 0. The van der Waals surface area contributed by atoms with Gasteiger partial charge in [0, 0.05) is 10.0 Å². The molecule has 9 heteroatoms. The molecular formula is C22H18Cl2O5S2. The monoisotopic (exact) mass is 496 g/mol. The van der Waals surface area contributed by atoms with E-state index < -0.39 is 42.2 Å². The lowest BCUT2D eigenvalue weighted by Crippen LogP contribution is -2.27. The van der Waals surface area contributed by atoms with Crippen LogP contribution in [0.5, 0.6) is 0 Å². The molecule has 0 saturated carbocycles. The Morgan fingerprint density at radius 2 is 1.13 bits per heavy atom. The van der Waals surface area contributed by atoms with Gasteiger partial charge in [-0.1, -0.05) is 65.7 Å². The molecule has 0 aromatic heterocycles. The molecule has 0 amide bonds. The van der Waals surface area contributed by atoms with Gasteiger partial charge in [-0.25, -0.2) is 16.8 Å². The van der Waals surface area contributed by atoms with E-state index in [-0.39, 0.29) is 4.90 Å². The Hall–Kier alpha value is -2.19. The number of carbonyl (C=O) groups is 1. The molecule has 0 aliphatic rings. The summed E-state index contributed by atoms with van der Waals surface area (Å²) in [7, 11) is -8.06. The summed E-state index contributed by atoms with van der Waals surface area (Å²) in [6.07, 6.45) is 0. The van der Waals surface area contributed by atoms with E-state index in [4.69, 9.17) is 23.2 Å². The molecule has 0 heterocycles. The summed E-state index contributed by atoms with van der Waals surface area (Å²) in [5.41, 5.74) is 0.816. The molecule has 0 unspecified atom stereocenters. The second-order valence-corrected chi connectivity index (χ2v) is 11.8. The average molecular weight is 497 g/mol. The normalized spacial score (nSPS) is 12.1. The molecule has 31 heavy (non-hydrogen) atoms. The fourth-order valence-electron chi connectivity index (χ4n) is 3.15. The summed E-state index contributed by atoms with van der Waals surface area (Å²) in [6.45, 7) is 0. The van der Waals surface area contributed by atoms with Gasteiger partial charge in [-0.3, -0.25) is 4.79 Å². The van der Waals surface area contributed by atoms with Crippen LogP contribution in [0, 0.1) is 0 Å². The number of Topliss-reactive ketones (excluding diaryl/α,β-unsaturated/α-hetero) is 1. The van der Waals surface area contributed by atoms with Crippen molar-refractivity contribution >= 4 is 48.7 Å². The van der Waals surface area contributed by atoms with Crippen LogP contribution in [0.2, 0.25) is 10.0 Å². The zero-order valence-electron chi connectivity index (χ0n) is 16.1. The number of halogens is 2. The molecule has 0 bridgehead atoms. The van der Waals surface area contributed by atoms with Crippen molar-refractivity contribution in [2.24, 2.45) is 0 Å². The maximum absolute atomic E-state index is 13.3. The SMILES string of the molecule is O=C(CS(=O)(=O)c1ccccc1)CS(=O)(=O)C(c1ccc(Cl)cc1)c1ccc(Cl)cc1. The van der Waals surface area contributed by atoms with E-state index in [1.165, 1.54) is 24.3 Å². The Morgan fingerprint density at radius 3 is 1.58 bits per heavy atom. The minimum absolute atomic E-state index is 0.0345. The highest BCUT2D eigenvalue weighted by Crippen LogP contribution is 2.32. The van der Waals surface area contributed by atoms with Gasteiger partial charge in [-0.2, -0.15) is 0 Å². The number of hydrogen-bond acceptors (Lipinski definition) is 5. The van der Waals surface area contributed by atoms with E-state index in [0.29, 0.717) is 21.2 Å². The highest BCUT2D eigenvalue weighted by Gasteiger charge is 2.32. The largest absolute Gasteiger partial charge is 0.297 e. The Bertz CT molecular complexity index is 1220. The summed E-state index contributed by atoms with van der Waals surface area (Å²) in [4.78, 5) is 12.5. The van der Waals surface area contributed by atoms with E-state index >= 15 is 0 Å². The maximum atomic E-state index is 13.3. The lowest BCUT2D eigenvalue weighted by atomic mass is 10.0. The Balaban J connectivity index is 1.92. The van der Waals surface area contributed by atoms with Crippen molar-refractivity contribution in [2.45, 2.75) is 10.1 Å². The lowest BCUT2D eigenvalue weighted by molar-refractivity contribution is -0.114. The maximum Gasteiger partial charge on any atom is 0.185 e. The van der Waals surface area contributed by atoms with E-state index in [1.54, 1.807) is 54.6 Å². The lowest BCUT2D eigenvalue weighted by Gasteiger charge is -2.19. The van der Waals surface area contributed by atoms with Gasteiger partial charge in [0.2, 0.25) is 0 Å². The van der Waals surface area contributed by atoms with Crippen molar-refractivity contribution in [1.82, 2.24) is 0 Å². The van der Waals surface area contributed by atoms with Gasteiger partial charge in [0.1, 0.15) is 16.8 Å². The van der Waals surface area contributed by atoms with E-state index in [2.05, 4.69) is 0 Å². The van der Waals surface area contributed by atoms with Crippen molar-refractivity contribution in [3.8, 4) is 0 Å². The smallest absolute Gasteiger partial charge is 0.185 e. The number of rotatable bonds is 8. The minimum atomic E-state index is -4.11. The fraction of sp³-hybridized carbons (Fsp3) is 0.136. The number of ketones is 1. The van der Waals surface area contributed by atoms with Crippen molar-refractivity contribution in [3.05, 3.63) is 100 Å². The van der Waals surface area contributed by atoms with Crippen LogP contribution >= 0.6 is 23.2 Å². The molecule has 162 valence electrons. The molecule has 3 aromatic carbocycles. The molecular weight excluding hydrogens is 479 g/mol. The second kappa shape index (κ2) is 9.53. The van der Waals surface area contributed by atoms with Crippen LogP contribution in [0.3, 0.4) is 0 Å². The third kappa shape index (κ3) is 5.95. The van der Waals surface area contributed by atoms with Gasteiger partial charge in [-0.15, -0.1) is 0 Å². The van der Waals surface area contributed by atoms with Gasteiger partial charge in [0.25, 0.3) is 0 Å². The first-order chi connectivity index (χ1) is 14.6. The number of benzene rings is 3. The highest BCUT2D eigenvalue weighted by molar-refractivity contribution is 7.94. The zero-order valence-corrected chi connectivity index (χ0v) is 19.3. The van der Waals surface area contributed by atoms with Gasteiger partial charge < -0.3 is 0 Å². The van der Waals surface area contributed by atoms with Crippen LogP contribution in [0.1, 0.15) is 16.4 Å². The Morgan fingerprint density at radius 1 is 0.677 bits per heavy atom. The molecule has 0 fully saturated rings. The average Bonchev–Trinajstić information content (AvgIpc) is 2.71. The predicted molar refractivity (Wildman–Crippen MR) is 122 cm³/mol. The van der Waals surface area contributed by atoms with Gasteiger partial charge in [0.15, 0.2) is 25.5 Å². The first kappa shape index (κ1) is 23.5.